The lowest BCUT2D eigenvalue weighted by molar-refractivity contribution is 0.0697. The van der Waals surface area contributed by atoms with Crippen molar-refractivity contribution in [3.8, 4) is 22.6 Å². The molecule has 2 heterocycles. The number of carboxylic acids is 1. The number of aromatic carboxylic acids is 1. The lowest BCUT2D eigenvalue weighted by Gasteiger charge is -2.06. The van der Waals surface area contributed by atoms with Gasteiger partial charge in [-0.15, -0.1) is 0 Å². The Hall–Kier alpha value is -3.92. The molecule has 0 fully saturated rings. The van der Waals surface area contributed by atoms with E-state index in [1.54, 1.807) is 12.1 Å². The number of rotatable bonds is 3. The maximum Gasteiger partial charge on any atom is 0.335 e. The maximum atomic E-state index is 11.1. The Kier molecular flexibility index (Phi) is 4.14. The van der Waals surface area contributed by atoms with Crippen molar-refractivity contribution in [3.63, 3.8) is 0 Å². The molecule has 0 saturated carbocycles. The summed E-state index contributed by atoms with van der Waals surface area (Å²) in [5.74, 6) is -0.202. The quantitative estimate of drug-likeness (QED) is 0.374. The fraction of sp³-hybridized carbons (Fsp3) is 0.0769. The SMILES string of the molecule is Cc1ccc(C)c2nc(-c3cc4ccc(-c5ccc(C(=O)O)cc5)cc4o3)ccc12. The van der Waals surface area contributed by atoms with Crippen molar-refractivity contribution in [1.82, 2.24) is 4.98 Å². The van der Waals surface area contributed by atoms with Gasteiger partial charge in [0.05, 0.1) is 11.1 Å². The van der Waals surface area contributed by atoms with Crippen LogP contribution in [-0.4, -0.2) is 16.1 Å². The third-order valence-corrected chi connectivity index (χ3v) is 5.51. The van der Waals surface area contributed by atoms with E-state index in [0.29, 0.717) is 0 Å². The van der Waals surface area contributed by atoms with Crippen LogP contribution in [0.15, 0.2) is 77.2 Å². The summed E-state index contributed by atoms with van der Waals surface area (Å²) in [4.78, 5) is 15.9. The van der Waals surface area contributed by atoms with E-state index in [1.807, 2.05) is 42.5 Å². The summed E-state index contributed by atoms with van der Waals surface area (Å²) in [5.41, 5.74) is 7.10. The number of hydrogen-bond acceptors (Lipinski definition) is 3. The van der Waals surface area contributed by atoms with Gasteiger partial charge < -0.3 is 9.52 Å². The summed E-state index contributed by atoms with van der Waals surface area (Å²) in [6, 6.07) is 23.2. The van der Waals surface area contributed by atoms with Crippen molar-refractivity contribution in [3.05, 3.63) is 89.5 Å². The van der Waals surface area contributed by atoms with E-state index >= 15 is 0 Å². The average Bonchev–Trinajstić information content (AvgIpc) is 3.19. The fourth-order valence-corrected chi connectivity index (χ4v) is 3.78. The predicted octanol–water partition coefficient (Wildman–Crippen LogP) is 6.63. The van der Waals surface area contributed by atoms with Gasteiger partial charge in [0.25, 0.3) is 0 Å². The Bertz CT molecular complexity index is 1430. The zero-order valence-corrected chi connectivity index (χ0v) is 16.6. The molecule has 0 saturated heterocycles. The number of aryl methyl sites for hydroxylation is 2. The molecule has 2 aromatic heterocycles. The predicted molar refractivity (Wildman–Crippen MR) is 119 cm³/mol. The summed E-state index contributed by atoms with van der Waals surface area (Å²) in [6.45, 7) is 4.16. The Balaban J connectivity index is 1.56. The van der Waals surface area contributed by atoms with Crippen LogP contribution in [0, 0.1) is 13.8 Å². The molecule has 4 heteroatoms. The number of carbonyl (C=O) groups is 1. The van der Waals surface area contributed by atoms with Gasteiger partial charge in [-0.25, -0.2) is 9.78 Å². The number of furan rings is 1. The van der Waals surface area contributed by atoms with Crippen molar-refractivity contribution in [2.24, 2.45) is 0 Å². The van der Waals surface area contributed by atoms with E-state index in [-0.39, 0.29) is 5.56 Å². The minimum Gasteiger partial charge on any atom is -0.478 e. The minimum absolute atomic E-state index is 0.271. The summed E-state index contributed by atoms with van der Waals surface area (Å²) in [5, 5.41) is 11.2. The molecular weight excluding hydrogens is 374 g/mol. The number of fused-ring (bicyclic) bond motifs is 2. The Morgan fingerprint density at radius 2 is 1.57 bits per heavy atom. The van der Waals surface area contributed by atoms with Crippen molar-refractivity contribution in [2.45, 2.75) is 13.8 Å². The normalized spacial score (nSPS) is 11.3. The van der Waals surface area contributed by atoms with E-state index in [1.165, 1.54) is 5.56 Å². The van der Waals surface area contributed by atoms with Crippen LogP contribution in [-0.2, 0) is 0 Å². The molecule has 146 valence electrons. The number of carboxylic acid groups (broad SMARTS) is 1. The van der Waals surface area contributed by atoms with Crippen molar-refractivity contribution < 1.29 is 14.3 Å². The standard InChI is InChI=1S/C26H19NO3/c1-15-3-4-16(2)25-21(15)11-12-22(27-25)24-14-20-10-9-19(13-23(20)30-24)17-5-7-18(8-6-17)26(28)29/h3-14H,1-2H3,(H,28,29). The number of aromatic nitrogens is 1. The Labute approximate surface area is 173 Å². The summed E-state index contributed by atoms with van der Waals surface area (Å²) < 4.78 is 6.14. The molecule has 0 unspecified atom stereocenters. The maximum absolute atomic E-state index is 11.1. The molecule has 0 atom stereocenters. The number of hydrogen-bond donors (Lipinski definition) is 1. The summed E-state index contributed by atoms with van der Waals surface area (Å²) >= 11 is 0. The van der Waals surface area contributed by atoms with E-state index < -0.39 is 5.97 Å². The van der Waals surface area contributed by atoms with Gasteiger partial charge in [-0.3, -0.25) is 0 Å². The monoisotopic (exact) mass is 393 g/mol. The van der Waals surface area contributed by atoms with Crippen LogP contribution < -0.4 is 0 Å². The lowest BCUT2D eigenvalue weighted by Crippen LogP contribution is -1.94. The molecule has 4 nitrogen and oxygen atoms in total. The summed E-state index contributed by atoms with van der Waals surface area (Å²) in [6.07, 6.45) is 0. The molecule has 3 aromatic carbocycles. The van der Waals surface area contributed by atoms with Crippen LogP contribution in [0.5, 0.6) is 0 Å². The van der Waals surface area contributed by atoms with Crippen LogP contribution in [0.25, 0.3) is 44.5 Å². The second-order valence-electron chi connectivity index (χ2n) is 7.54. The molecular formula is C26H19NO3. The Morgan fingerprint density at radius 3 is 2.33 bits per heavy atom. The van der Waals surface area contributed by atoms with Gasteiger partial charge in [0.2, 0.25) is 0 Å². The van der Waals surface area contributed by atoms with E-state index in [9.17, 15) is 4.79 Å². The highest BCUT2D eigenvalue weighted by molar-refractivity contribution is 5.91. The Morgan fingerprint density at radius 1 is 0.833 bits per heavy atom. The molecule has 0 aliphatic rings. The van der Waals surface area contributed by atoms with Crippen molar-refractivity contribution in [2.75, 3.05) is 0 Å². The molecule has 0 aliphatic carbocycles. The molecule has 5 aromatic rings. The van der Waals surface area contributed by atoms with Crippen LogP contribution in [0.4, 0.5) is 0 Å². The largest absolute Gasteiger partial charge is 0.478 e. The highest BCUT2D eigenvalue weighted by atomic mass is 16.4. The zero-order valence-electron chi connectivity index (χ0n) is 16.6. The molecule has 0 bridgehead atoms. The van der Waals surface area contributed by atoms with Gasteiger partial charge in [0.15, 0.2) is 5.76 Å². The number of pyridine rings is 1. The first kappa shape index (κ1) is 18.1. The van der Waals surface area contributed by atoms with Gasteiger partial charge in [0, 0.05) is 10.8 Å². The van der Waals surface area contributed by atoms with E-state index in [0.717, 1.165) is 50.0 Å². The summed E-state index contributed by atoms with van der Waals surface area (Å²) in [7, 11) is 0. The van der Waals surface area contributed by atoms with Crippen molar-refractivity contribution in [1.29, 1.82) is 0 Å². The molecule has 5 rings (SSSR count). The molecule has 0 aliphatic heterocycles. The van der Waals surface area contributed by atoms with Gasteiger partial charge in [-0.1, -0.05) is 42.5 Å². The van der Waals surface area contributed by atoms with Crippen LogP contribution in [0.3, 0.4) is 0 Å². The second kappa shape index (κ2) is 6.85. The van der Waals surface area contributed by atoms with Crippen LogP contribution in [0.2, 0.25) is 0 Å². The van der Waals surface area contributed by atoms with Crippen LogP contribution >= 0.6 is 0 Å². The topological polar surface area (TPSA) is 63.3 Å². The zero-order chi connectivity index (χ0) is 20.8. The number of nitrogens with zero attached hydrogens (tertiary/aromatic N) is 1. The highest BCUT2D eigenvalue weighted by Gasteiger charge is 2.11. The molecule has 1 N–H and O–H groups in total. The minimum atomic E-state index is -0.930. The van der Waals surface area contributed by atoms with Gasteiger partial charge in [-0.2, -0.15) is 0 Å². The molecule has 0 amide bonds. The molecule has 0 spiro atoms. The number of benzene rings is 3. The van der Waals surface area contributed by atoms with Gasteiger partial charge in [-0.05, 0) is 66.4 Å². The lowest BCUT2D eigenvalue weighted by atomic mass is 10.0. The third kappa shape index (κ3) is 3.03. The third-order valence-electron chi connectivity index (χ3n) is 5.51. The van der Waals surface area contributed by atoms with Crippen LogP contribution in [0.1, 0.15) is 21.5 Å². The molecule has 0 radical (unpaired) electrons. The first-order chi connectivity index (χ1) is 14.5. The van der Waals surface area contributed by atoms with Crippen molar-refractivity contribution >= 4 is 27.8 Å². The van der Waals surface area contributed by atoms with Gasteiger partial charge >= 0.3 is 5.97 Å². The van der Waals surface area contributed by atoms with E-state index in [2.05, 4.69) is 32.0 Å². The smallest absolute Gasteiger partial charge is 0.335 e. The molecule has 30 heavy (non-hydrogen) atoms. The van der Waals surface area contributed by atoms with E-state index in [4.69, 9.17) is 14.5 Å². The van der Waals surface area contributed by atoms with Gasteiger partial charge in [0.1, 0.15) is 11.3 Å². The average molecular weight is 393 g/mol. The first-order valence-electron chi connectivity index (χ1n) is 9.74. The highest BCUT2D eigenvalue weighted by Crippen LogP contribution is 2.32. The first-order valence-corrected chi connectivity index (χ1v) is 9.74. The second-order valence-corrected chi connectivity index (χ2v) is 7.54. The fourth-order valence-electron chi connectivity index (χ4n) is 3.78.